The van der Waals surface area contributed by atoms with Crippen LogP contribution in [-0.4, -0.2) is 29.9 Å². The average molecular weight is 260 g/mol. The summed E-state index contributed by atoms with van der Waals surface area (Å²) in [5.41, 5.74) is 0. The number of halogens is 1. The first-order chi connectivity index (χ1) is 8.31. The highest BCUT2D eigenvalue weighted by Crippen LogP contribution is 2.22. The minimum atomic E-state index is 0.648. The fourth-order valence-corrected chi connectivity index (χ4v) is 3.25. The predicted molar refractivity (Wildman–Crippen MR) is 77.9 cm³/mol. The maximum Gasteiger partial charge on any atom is 0.0379 e. The summed E-state index contributed by atoms with van der Waals surface area (Å²) in [6.45, 7) is 7.20. The van der Waals surface area contributed by atoms with E-state index in [1.165, 1.54) is 64.5 Å². The van der Waals surface area contributed by atoms with Gasteiger partial charge in [-0.25, -0.2) is 0 Å². The van der Waals surface area contributed by atoms with Crippen molar-refractivity contribution in [2.24, 2.45) is 5.92 Å². The molecule has 0 amide bonds. The van der Waals surface area contributed by atoms with Crippen LogP contribution in [0.5, 0.6) is 0 Å². The van der Waals surface area contributed by atoms with Gasteiger partial charge in [-0.15, -0.1) is 11.6 Å². The zero-order chi connectivity index (χ0) is 12.5. The molecule has 0 aromatic heterocycles. The summed E-state index contributed by atoms with van der Waals surface area (Å²) >= 11 is 6.14. The van der Waals surface area contributed by atoms with Crippen molar-refractivity contribution in [3.63, 3.8) is 0 Å². The summed E-state index contributed by atoms with van der Waals surface area (Å²) in [4.78, 5) is 2.68. The molecule has 1 aliphatic heterocycles. The van der Waals surface area contributed by atoms with Crippen molar-refractivity contribution >= 4 is 11.6 Å². The lowest BCUT2D eigenvalue weighted by Crippen LogP contribution is -2.39. The molecule has 17 heavy (non-hydrogen) atoms. The second kappa shape index (κ2) is 9.22. The third-order valence-electron chi connectivity index (χ3n) is 4.21. The van der Waals surface area contributed by atoms with E-state index >= 15 is 0 Å². The molecule has 0 N–H and O–H groups in total. The molecule has 102 valence electrons. The Morgan fingerprint density at radius 1 is 1.24 bits per heavy atom. The molecule has 1 fully saturated rings. The Bertz CT molecular complexity index is 184. The van der Waals surface area contributed by atoms with Gasteiger partial charge in [0, 0.05) is 18.5 Å². The molecule has 1 heterocycles. The van der Waals surface area contributed by atoms with Crippen LogP contribution in [0.1, 0.15) is 65.2 Å². The van der Waals surface area contributed by atoms with E-state index in [1.807, 2.05) is 0 Å². The Morgan fingerprint density at radius 3 is 2.71 bits per heavy atom. The standard InChI is InChI=1S/C15H30ClN/c1-3-5-9-14(4-2)13-17-11-8-6-7-10-15(17)12-16/h14-15H,3-13H2,1-2H3. The summed E-state index contributed by atoms with van der Waals surface area (Å²) in [7, 11) is 0. The van der Waals surface area contributed by atoms with Gasteiger partial charge in [0.15, 0.2) is 0 Å². The van der Waals surface area contributed by atoms with Crippen molar-refractivity contribution in [3.05, 3.63) is 0 Å². The van der Waals surface area contributed by atoms with Crippen LogP contribution in [0.15, 0.2) is 0 Å². The van der Waals surface area contributed by atoms with Crippen molar-refractivity contribution in [3.8, 4) is 0 Å². The molecule has 0 aromatic carbocycles. The zero-order valence-corrected chi connectivity index (χ0v) is 12.5. The molecule has 2 atom stereocenters. The van der Waals surface area contributed by atoms with Gasteiger partial charge in [-0.3, -0.25) is 4.90 Å². The largest absolute Gasteiger partial charge is 0.299 e. The molecule has 0 radical (unpaired) electrons. The molecule has 1 rings (SSSR count). The van der Waals surface area contributed by atoms with Gasteiger partial charge >= 0.3 is 0 Å². The van der Waals surface area contributed by atoms with Gasteiger partial charge in [0.2, 0.25) is 0 Å². The number of hydrogen-bond acceptors (Lipinski definition) is 1. The van der Waals surface area contributed by atoms with E-state index in [4.69, 9.17) is 11.6 Å². The Kier molecular flexibility index (Phi) is 8.30. The molecule has 1 saturated heterocycles. The Labute approximate surface area is 113 Å². The van der Waals surface area contributed by atoms with Gasteiger partial charge in [-0.05, 0) is 31.7 Å². The fourth-order valence-electron chi connectivity index (χ4n) is 2.90. The number of rotatable bonds is 7. The quantitative estimate of drug-likeness (QED) is 0.600. The second-order valence-corrected chi connectivity index (χ2v) is 5.88. The van der Waals surface area contributed by atoms with E-state index in [1.54, 1.807) is 0 Å². The van der Waals surface area contributed by atoms with Crippen LogP contribution in [0.2, 0.25) is 0 Å². The van der Waals surface area contributed by atoms with E-state index in [-0.39, 0.29) is 0 Å². The van der Waals surface area contributed by atoms with Crippen molar-refractivity contribution in [1.29, 1.82) is 0 Å². The second-order valence-electron chi connectivity index (χ2n) is 5.57. The maximum atomic E-state index is 6.14. The topological polar surface area (TPSA) is 3.24 Å². The molecule has 1 nitrogen and oxygen atoms in total. The maximum absolute atomic E-state index is 6.14. The summed E-state index contributed by atoms with van der Waals surface area (Å²) in [5.74, 6) is 1.71. The van der Waals surface area contributed by atoms with Crippen LogP contribution in [-0.2, 0) is 0 Å². The molecule has 0 bridgehead atoms. The Morgan fingerprint density at radius 2 is 2.06 bits per heavy atom. The van der Waals surface area contributed by atoms with Gasteiger partial charge in [0.05, 0.1) is 0 Å². The summed E-state index contributed by atoms with van der Waals surface area (Å²) < 4.78 is 0. The summed E-state index contributed by atoms with van der Waals surface area (Å²) in [6, 6.07) is 0.648. The van der Waals surface area contributed by atoms with Crippen molar-refractivity contribution < 1.29 is 0 Å². The number of nitrogens with zero attached hydrogens (tertiary/aromatic N) is 1. The van der Waals surface area contributed by atoms with Gasteiger partial charge < -0.3 is 0 Å². The van der Waals surface area contributed by atoms with Crippen molar-refractivity contribution in [2.45, 2.75) is 71.3 Å². The van der Waals surface area contributed by atoms with Crippen LogP contribution < -0.4 is 0 Å². The van der Waals surface area contributed by atoms with E-state index in [9.17, 15) is 0 Å². The lowest BCUT2D eigenvalue weighted by molar-refractivity contribution is 0.174. The molecule has 0 saturated carbocycles. The average Bonchev–Trinajstić information content (AvgIpc) is 2.59. The van der Waals surface area contributed by atoms with Gasteiger partial charge in [0.25, 0.3) is 0 Å². The number of hydrogen-bond donors (Lipinski definition) is 0. The predicted octanol–water partition coefficient (Wildman–Crippen LogP) is 4.69. The van der Waals surface area contributed by atoms with Crippen LogP contribution in [0, 0.1) is 5.92 Å². The Hall–Kier alpha value is 0.250. The molecular weight excluding hydrogens is 230 g/mol. The van der Waals surface area contributed by atoms with E-state index in [0.717, 1.165) is 11.8 Å². The molecule has 0 aromatic rings. The van der Waals surface area contributed by atoms with Gasteiger partial charge in [0.1, 0.15) is 0 Å². The van der Waals surface area contributed by atoms with Crippen LogP contribution in [0.25, 0.3) is 0 Å². The summed E-state index contributed by atoms with van der Waals surface area (Å²) in [5, 5.41) is 0. The van der Waals surface area contributed by atoms with Gasteiger partial charge in [-0.2, -0.15) is 0 Å². The molecule has 0 spiro atoms. The van der Waals surface area contributed by atoms with Crippen LogP contribution >= 0.6 is 11.6 Å². The van der Waals surface area contributed by atoms with Crippen molar-refractivity contribution in [1.82, 2.24) is 4.90 Å². The van der Waals surface area contributed by atoms with Crippen molar-refractivity contribution in [2.75, 3.05) is 19.0 Å². The van der Waals surface area contributed by atoms with E-state index in [2.05, 4.69) is 18.7 Å². The highest BCUT2D eigenvalue weighted by atomic mass is 35.5. The normalized spacial score (nSPS) is 24.5. The highest BCUT2D eigenvalue weighted by Gasteiger charge is 2.22. The van der Waals surface area contributed by atoms with Crippen LogP contribution in [0.3, 0.4) is 0 Å². The zero-order valence-electron chi connectivity index (χ0n) is 11.8. The lowest BCUT2D eigenvalue weighted by Gasteiger charge is -2.31. The fraction of sp³-hybridized carbons (Fsp3) is 1.00. The number of unbranched alkanes of at least 4 members (excludes halogenated alkanes) is 1. The molecule has 0 aliphatic carbocycles. The third-order valence-corrected chi connectivity index (χ3v) is 4.57. The van der Waals surface area contributed by atoms with E-state index < -0.39 is 0 Å². The monoisotopic (exact) mass is 259 g/mol. The first-order valence-corrected chi connectivity index (χ1v) is 8.15. The van der Waals surface area contributed by atoms with E-state index in [0.29, 0.717) is 6.04 Å². The Balaban J connectivity index is 2.43. The molecular formula is C15H30ClN. The minimum Gasteiger partial charge on any atom is -0.299 e. The highest BCUT2D eigenvalue weighted by molar-refractivity contribution is 6.18. The summed E-state index contributed by atoms with van der Waals surface area (Å²) in [6.07, 6.45) is 10.9. The van der Waals surface area contributed by atoms with Crippen LogP contribution in [0.4, 0.5) is 0 Å². The molecule has 2 heteroatoms. The first kappa shape index (κ1) is 15.3. The number of likely N-dealkylation sites (tertiary alicyclic amines) is 1. The molecule has 2 unspecified atom stereocenters. The first-order valence-electron chi connectivity index (χ1n) is 7.61. The third kappa shape index (κ3) is 5.61. The lowest BCUT2D eigenvalue weighted by atomic mass is 9.98. The minimum absolute atomic E-state index is 0.648. The molecule has 1 aliphatic rings. The van der Waals surface area contributed by atoms with Gasteiger partial charge in [-0.1, -0.05) is 46.0 Å². The smallest absolute Gasteiger partial charge is 0.0379 e. The SMILES string of the molecule is CCCCC(CC)CN1CCCCCC1CCl. The number of alkyl halides is 1.